The van der Waals surface area contributed by atoms with Gasteiger partial charge in [-0.2, -0.15) is 4.37 Å². The van der Waals surface area contributed by atoms with Gasteiger partial charge in [0.15, 0.2) is 17.5 Å². The maximum Gasteiger partial charge on any atom is 0.205 e. The summed E-state index contributed by atoms with van der Waals surface area (Å²) in [4.78, 5) is 9.33. The summed E-state index contributed by atoms with van der Waals surface area (Å²) >= 11 is 1.45. The molecule has 4 rings (SSSR count). The Morgan fingerprint density at radius 1 is 1.11 bits per heavy atom. The molecule has 0 aliphatic carbocycles. The van der Waals surface area contributed by atoms with Crippen LogP contribution in [0.4, 0.5) is 13.9 Å². The Hall–Kier alpha value is -1.64. The van der Waals surface area contributed by atoms with Gasteiger partial charge in [-0.3, -0.25) is 4.90 Å². The number of ether oxygens (including phenoxy) is 1. The van der Waals surface area contributed by atoms with Crippen LogP contribution in [0.25, 0.3) is 0 Å². The molecule has 3 heterocycles. The molecule has 0 amide bonds. The van der Waals surface area contributed by atoms with E-state index in [-0.39, 0.29) is 6.10 Å². The summed E-state index contributed by atoms with van der Waals surface area (Å²) in [5.74, 6) is -0.732. The van der Waals surface area contributed by atoms with Crippen molar-refractivity contribution in [3.05, 3.63) is 41.2 Å². The van der Waals surface area contributed by atoms with Crippen molar-refractivity contribution in [2.75, 3.05) is 44.2 Å². The molecule has 1 unspecified atom stereocenters. The van der Waals surface area contributed by atoms with Crippen LogP contribution < -0.4 is 4.90 Å². The van der Waals surface area contributed by atoms with Crippen molar-refractivity contribution in [2.45, 2.75) is 31.8 Å². The number of hydrogen-bond acceptors (Lipinski definition) is 6. The van der Waals surface area contributed by atoms with E-state index in [0.717, 1.165) is 75.1 Å². The molecule has 1 aromatic carbocycles. The molecule has 2 saturated heterocycles. The maximum absolute atomic E-state index is 13.3. The zero-order chi connectivity index (χ0) is 18.6. The number of halogens is 2. The molecule has 1 atom stereocenters. The molecule has 146 valence electrons. The van der Waals surface area contributed by atoms with Gasteiger partial charge in [0.05, 0.1) is 0 Å². The highest BCUT2D eigenvalue weighted by atomic mass is 32.1. The minimum Gasteiger partial charge on any atom is -0.370 e. The third kappa shape index (κ3) is 4.62. The number of aromatic nitrogens is 2. The van der Waals surface area contributed by atoms with E-state index >= 15 is 0 Å². The van der Waals surface area contributed by atoms with Gasteiger partial charge in [0.2, 0.25) is 5.13 Å². The number of rotatable bonds is 5. The Labute approximate surface area is 162 Å². The standard InChI is InChI=1S/C19H24F2N4OS/c20-15-5-4-14(13-16(15)21)6-7-24-8-10-25(11-9-24)19-22-18(23-27-19)17-3-1-2-12-26-17/h4-5,13,17H,1-3,6-12H2. The Morgan fingerprint density at radius 3 is 2.70 bits per heavy atom. The average molecular weight is 394 g/mol. The summed E-state index contributed by atoms with van der Waals surface area (Å²) in [6, 6.07) is 4.15. The van der Waals surface area contributed by atoms with Gasteiger partial charge >= 0.3 is 0 Å². The van der Waals surface area contributed by atoms with E-state index in [1.54, 1.807) is 6.07 Å². The maximum atomic E-state index is 13.3. The van der Waals surface area contributed by atoms with E-state index in [2.05, 4.69) is 14.2 Å². The number of hydrogen-bond donors (Lipinski definition) is 0. The smallest absolute Gasteiger partial charge is 0.205 e. The lowest BCUT2D eigenvalue weighted by Crippen LogP contribution is -2.47. The number of nitrogens with zero attached hydrogens (tertiary/aromatic N) is 4. The van der Waals surface area contributed by atoms with Crippen LogP contribution in [0.3, 0.4) is 0 Å². The molecule has 2 aliphatic heterocycles. The van der Waals surface area contributed by atoms with Gasteiger partial charge in [-0.1, -0.05) is 6.07 Å². The summed E-state index contributed by atoms with van der Waals surface area (Å²) in [7, 11) is 0. The van der Waals surface area contributed by atoms with Crippen LogP contribution in [0, 0.1) is 11.6 Å². The molecular formula is C19H24F2N4OS. The monoisotopic (exact) mass is 394 g/mol. The molecule has 0 N–H and O–H groups in total. The van der Waals surface area contributed by atoms with E-state index in [1.807, 2.05) is 0 Å². The first kappa shape index (κ1) is 18.7. The van der Waals surface area contributed by atoms with Gasteiger partial charge in [0.1, 0.15) is 6.10 Å². The van der Waals surface area contributed by atoms with E-state index in [9.17, 15) is 8.78 Å². The minimum absolute atomic E-state index is 0.0566. The molecule has 1 aromatic heterocycles. The highest BCUT2D eigenvalue weighted by Crippen LogP contribution is 2.29. The Bertz CT molecular complexity index is 758. The Morgan fingerprint density at radius 2 is 1.96 bits per heavy atom. The topological polar surface area (TPSA) is 41.5 Å². The normalized spacial score (nSPS) is 21.6. The first-order valence-electron chi connectivity index (χ1n) is 9.55. The van der Waals surface area contributed by atoms with Gasteiger partial charge < -0.3 is 9.64 Å². The van der Waals surface area contributed by atoms with Crippen LogP contribution in [0.2, 0.25) is 0 Å². The molecule has 0 radical (unpaired) electrons. The van der Waals surface area contributed by atoms with E-state index < -0.39 is 11.6 Å². The average Bonchev–Trinajstić information content (AvgIpc) is 3.20. The predicted molar refractivity (Wildman–Crippen MR) is 101 cm³/mol. The second-order valence-electron chi connectivity index (χ2n) is 7.12. The fourth-order valence-corrected chi connectivity index (χ4v) is 4.34. The molecule has 0 saturated carbocycles. The second kappa shape index (κ2) is 8.58. The molecule has 0 spiro atoms. The quantitative estimate of drug-likeness (QED) is 0.777. The summed E-state index contributed by atoms with van der Waals surface area (Å²) < 4.78 is 36.6. The predicted octanol–water partition coefficient (Wildman–Crippen LogP) is 3.42. The molecule has 27 heavy (non-hydrogen) atoms. The third-order valence-corrected chi connectivity index (χ3v) is 6.03. The fraction of sp³-hybridized carbons (Fsp3) is 0.579. The number of benzene rings is 1. The van der Waals surface area contributed by atoms with Gasteiger partial charge in [-0.15, -0.1) is 0 Å². The molecule has 2 aliphatic rings. The summed E-state index contributed by atoms with van der Waals surface area (Å²) in [5, 5.41) is 0.972. The minimum atomic E-state index is -0.789. The Kier molecular flexibility index (Phi) is 5.95. The molecule has 8 heteroatoms. The summed E-state index contributed by atoms with van der Waals surface area (Å²) in [6.07, 6.45) is 4.09. The Balaban J connectivity index is 1.26. The van der Waals surface area contributed by atoms with Crippen LogP contribution in [-0.2, 0) is 11.2 Å². The van der Waals surface area contributed by atoms with Crippen LogP contribution in [-0.4, -0.2) is 53.6 Å². The van der Waals surface area contributed by atoms with Crippen LogP contribution in [0.15, 0.2) is 18.2 Å². The fourth-order valence-electron chi connectivity index (χ4n) is 3.58. The summed E-state index contributed by atoms with van der Waals surface area (Å²) in [6.45, 7) is 5.30. The van der Waals surface area contributed by atoms with Crippen LogP contribution in [0.1, 0.15) is 36.8 Å². The zero-order valence-electron chi connectivity index (χ0n) is 15.2. The van der Waals surface area contributed by atoms with E-state index in [4.69, 9.17) is 9.72 Å². The highest BCUT2D eigenvalue weighted by molar-refractivity contribution is 7.09. The van der Waals surface area contributed by atoms with Gasteiger partial charge in [0.25, 0.3) is 0 Å². The number of piperazine rings is 1. The second-order valence-corrected chi connectivity index (χ2v) is 7.85. The first-order valence-corrected chi connectivity index (χ1v) is 10.3. The van der Waals surface area contributed by atoms with E-state index in [1.165, 1.54) is 30.1 Å². The van der Waals surface area contributed by atoms with Crippen molar-refractivity contribution in [1.82, 2.24) is 14.3 Å². The molecule has 5 nitrogen and oxygen atoms in total. The highest BCUT2D eigenvalue weighted by Gasteiger charge is 2.24. The first-order chi connectivity index (χ1) is 13.2. The largest absolute Gasteiger partial charge is 0.370 e. The van der Waals surface area contributed by atoms with Gasteiger partial charge in [-0.25, -0.2) is 13.8 Å². The third-order valence-electron chi connectivity index (χ3n) is 5.24. The van der Waals surface area contributed by atoms with Crippen molar-refractivity contribution >= 4 is 16.7 Å². The molecule has 2 fully saturated rings. The molecule has 2 aromatic rings. The zero-order valence-corrected chi connectivity index (χ0v) is 16.1. The van der Waals surface area contributed by atoms with Crippen molar-refractivity contribution in [2.24, 2.45) is 0 Å². The van der Waals surface area contributed by atoms with Crippen molar-refractivity contribution in [3.8, 4) is 0 Å². The molecular weight excluding hydrogens is 370 g/mol. The number of anilines is 1. The lowest BCUT2D eigenvalue weighted by Gasteiger charge is -2.34. The van der Waals surface area contributed by atoms with Crippen molar-refractivity contribution in [3.63, 3.8) is 0 Å². The SMILES string of the molecule is Fc1ccc(CCN2CCN(c3nc(C4CCCCO4)ns3)CC2)cc1F. The van der Waals surface area contributed by atoms with E-state index in [0.29, 0.717) is 0 Å². The molecule has 0 bridgehead atoms. The lowest BCUT2D eigenvalue weighted by atomic mass is 10.1. The van der Waals surface area contributed by atoms with Crippen LogP contribution >= 0.6 is 11.5 Å². The van der Waals surface area contributed by atoms with Crippen LogP contribution in [0.5, 0.6) is 0 Å². The van der Waals surface area contributed by atoms with Crippen molar-refractivity contribution < 1.29 is 13.5 Å². The lowest BCUT2D eigenvalue weighted by molar-refractivity contribution is 0.0102. The van der Waals surface area contributed by atoms with Gasteiger partial charge in [-0.05, 0) is 43.4 Å². The summed E-state index contributed by atoms with van der Waals surface area (Å²) in [5.41, 5.74) is 0.831. The van der Waals surface area contributed by atoms with Gasteiger partial charge in [0, 0.05) is 50.9 Å². The van der Waals surface area contributed by atoms with Crippen molar-refractivity contribution in [1.29, 1.82) is 0 Å².